The monoisotopic (exact) mass is 448 g/mol. The van der Waals surface area contributed by atoms with E-state index in [9.17, 15) is 14.4 Å². The molecule has 1 aliphatic carbocycles. The van der Waals surface area contributed by atoms with Gasteiger partial charge in [0.15, 0.2) is 0 Å². The minimum absolute atomic E-state index is 0.0393. The maximum Gasteiger partial charge on any atom is 0.412 e. The van der Waals surface area contributed by atoms with Crippen molar-refractivity contribution >= 4 is 23.8 Å². The lowest BCUT2D eigenvalue weighted by Gasteiger charge is -2.17. The first-order chi connectivity index (χ1) is 16.0. The van der Waals surface area contributed by atoms with Crippen LogP contribution in [0.3, 0.4) is 0 Å². The van der Waals surface area contributed by atoms with Crippen molar-refractivity contribution in [1.29, 1.82) is 0 Å². The molecular formula is C23H20N4O6. The van der Waals surface area contributed by atoms with Crippen LogP contribution in [0.4, 0.5) is 10.6 Å². The van der Waals surface area contributed by atoms with Crippen molar-refractivity contribution in [3.8, 4) is 11.1 Å². The summed E-state index contributed by atoms with van der Waals surface area (Å²) < 4.78 is 10.0. The summed E-state index contributed by atoms with van der Waals surface area (Å²) in [5.41, 5.74) is 3.96. The van der Waals surface area contributed by atoms with E-state index < -0.39 is 24.5 Å². The first kappa shape index (κ1) is 21.8. The van der Waals surface area contributed by atoms with Crippen molar-refractivity contribution in [2.24, 2.45) is 0 Å². The summed E-state index contributed by atoms with van der Waals surface area (Å²) in [4.78, 5) is 37.1. The van der Waals surface area contributed by atoms with Gasteiger partial charge in [-0.05, 0) is 32.6 Å². The van der Waals surface area contributed by atoms with Crippen LogP contribution in [0.1, 0.15) is 27.5 Å². The van der Waals surface area contributed by atoms with Crippen molar-refractivity contribution in [2.75, 3.05) is 25.0 Å². The van der Waals surface area contributed by atoms with Crippen LogP contribution in [0.15, 0.2) is 65.8 Å². The van der Waals surface area contributed by atoms with Gasteiger partial charge >= 0.3 is 12.1 Å². The van der Waals surface area contributed by atoms with E-state index in [-0.39, 0.29) is 30.6 Å². The molecule has 33 heavy (non-hydrogen) atoms. The number of aliphatic carboxylic acids is 1. The molecule has 3 aromatic rings. The van der Waals surface area contributed by atoms with Crippen molar-refractivity contribution in [1.82, 2.24) is 15.2 Å². The highest BCUT2D eigenvalue weighted by atomic mass is 16.6. The lowest BCUT2D eigenvalue weighted by atomic mass is 9.98. The molecule has 0 atom stereocenters. The van der Waals surface area contributed by atoms with Gasteiger partial charge in [-0.15, -0.1) is 6.58 Å². The van der Waals surface area contributed by atoms with Gasteiger partial charge in [0.2, 0.25) is 11.5 Å². The first-order valence-corrected chi connectivity index (χ1v) is 10.1. The number of aromatic nitrogens is 2. The highest BCUT2D eigenvalue weighted by Crippen LogP contribution is 2.44. The SMILES string of the molecule is C=CCN(CC(=O)O)C(=O)c1nonc1NC(=O)OCC1c2ccccc2-c2ccccc21. The molecule has 168 valence electrons. The molecule has 0 radical (unpaired) electrons. The highest BCUT2D eigenvalue weighted by Gasteiger charge is 2.30. The number of carboxylic acid groups (broad SMARTS) is 1. The summed E-state index contributed by atoms with van der Waals surface area (Å²) in [6.45, 7) is 2.95. The Hall–Kier alpha value is -4.47. The summed E-state index contributed by atoms with van der Waals surface area (Å²) in [5, 5.41) is 18.4. The quantitative estimate of drug-likeness (QED) is 0.502. The second kappa shape index (κ2) is 9.35. The van der Waals surface area contributed by atoms with Crippen molar-refractivity contribution in [3.05, 3.63) is 78.0 Å². The number of nitrogens with one attached hydrogen (secondary N) is 1. The van der Waals surface area contributed by atoms with E-state index in [0.29, 0.717) is 0 Å². The number of hydrogen-bond acceptors (Lipinski definition) is 7. The fraction of sp³-hybridized carbons (Fsp3) is 0.174. The van der Waals surface area contributed by atoms with Gasteiger partial charge in [-0.25, -0.2) is 9.42 Å². The van der Waals surface area contributed by atoms with Crippen LogP contribution in [0.2, 0.25) is 0 Å². The van der Waals surface area contributed by atoms with Crippen LogP contribution in [-0.4, -0.2) is 58.0 Å². The van der Waals surface area contributed by atoms with Crippen LogP contribution >= 0.6 is 0 Å². The average Bonchev–Trinajstić information content (AvgIpc) is 3.39. The smallest absolute Gasteiger partial charge is 0.412 e. The van der Waals surface area contributed by atoms with Gasteiger partial charge in [-0.1, -0.05) is 54.6 Å². The molecule has 4 rings (SSSR count). The third-order valence-corrected chi connectivity index (χ3v) is 5.22. The summed E-state index contributed by atoms with van der Waals surface area (Å²) in [6, 6.07) is 15.8. The number of carbonyl (C=O) groups is 3. The topological polar surface area (TPSA) is 135 Å². The Labute approximate surface area is 188 Å². The molecule has 0 bridgehead atoms. The molecule has 0 saturated carbocycles. The Morgan fingerprint density at radius 1 is 1.09 bits per heavy atom. The largest absolute Gasteiger partial charge is 0.480 e. The van der Waals surface area contributed by atoms with Gasteiger partial charge in [0.1, 0.15) is 13.2 Å². The Morgan fingerprint density at radius 2 is 1.73 bits per heavy atom. The molecule has 0 aliphatic heterocycles. The van der Waals surface area contributed by atoms with Crippen LogP contribution < -0.4 is 5.32 Å². The molecule has 0 fully saturated rings. The summed E-state index contributed by atoms with van der Waals surface area (Å²) in [5.74, 6) is -2.41. The first-order valence-electron chi connectivity index (χ1n) is 10.1. The standard InChI is InChI=1S/C23H20N4O6/c1-2-11-27(12-19(28)29)22(30)20-21(26-33-25-20)24-23(31)32-13-18-16-9-5-3-7-14(16)15-8-4-6-10-17(15)18/h2-10,18H,1,11-13H2,(H,28,29)(H,24,26,31). The van der Waals surface area contributed by atoms with E-state index in [1.807, 2.05) is 48.5 Å². The molecule has 2 aromatic carbocycles. The van der Waals surface area contributed by atoms with Gasteiger partial charge in [0, 0.05) is 12.5 Å². The highest BCUT2D eigenvalue weighted by molar-refractivity contribution is 6.00. The number of benzene rings is 2. The number of anilines is 1. The maximum atomic E-state index is 12.6. The second-order valence-electron chi connectivity index (χ2n) is 7.28. The van der Waals surface area contributed by atoms with Gasteiger partial charge < -0.3 is 14.7 Å². The number of hydrogen-bond donors (Lipinski definition) is 2. The molecule has 2 amide bonds. The molecule has 0 saturated heterocycles. The third-order valence-electron chi connectivity index (χ3n) is 5.22. The molecule has 2 N–H and O–H groups in total. The summed E-state index contributed by atoms with van der Waals surface area (Å²) in [6.07, 6.45) is 0.516. The number of carboxylic acids is 1. The van der Waals surface area contributed by atoms with E-state index in [2.05, 4.69) is 26.8 Å². The fourth-order valence-electron chi connectivity index (χ4n) is 3.83. The normalized spacial score (nSPS) is 11.9. The lowest BCUT2D eigenvalue weighted by molar-refractivity contribution is -0.137. The van der Waals surface area contributed by atoms with E-state index in [4.69, 9.17) is 9.84 Å². The van der Waals surface area contributed by atoms with Gasteiger partial charge in [-0.2, -0.15) is 0 Å². The van der Waals surface area contributed by atoms with Crippen LogP contribution in [0, 0.1) is 0 Å². The average molecular weight is 448 g/mol. The van der Waals surface area contributed by atoms with Crippen LogP contribution in [0.25, 0.3) is 11.1 Å². The Kier molecular flexibility index (Phi) is 6.16. The molecule has 10 heteroatoms. The Bertz CT molecular complexity index is 1180. The third kappa shape index (κ3) is 4.45. The van der Waals surface area contributed by atoms with E-state index in [1.165, 1.54) is 6.08 Å². The van der Waals surface area contributed by atoms with E-state index >= 15 is 0 Å². The summed E-state index contributed by atoms with van der Waals surface area (Å²) >= 11 is 0. The van der Waals surface area contributed by atoms with Crippen molar-refractivity contribution in [2.45, 2.75) is 5.92 Å². The molecule has 10 nitrogen and oxygen atoms in total. The van der Waals surface area contributed by atoms with E-state index in [0.717, 1.165) is 27.2 Å². The number of rotatable bonds is 8. The van der Waals surface area contributed by atoms with Gasteiger partial charge in [-0.3, -0.25) is 14.9 Å². The molecule has 0 unspecified atom stereocenters. The second-order valence-corrected chi connectivity index (χ2v) is 7.28. The van der Waals surface area contributed by atoms with E-state index in [1.54, 1.807) is 0 Å². The van der Waals surface area contributed by atoms with Crippen molar-refractivity contribution < 1.29 is 28.9 Å². The van der Waals surface area contributed by atoms with Crippen LogP contribution in [0.5, 0.6) is 0 Å². The molecule has 1 aromatic heterocycles. The summed E-state index contributed by atoms with van der Waals surface area (Å²) in [7, 11) is 0. The number of carbonyl (C=O) groups excluding carboxylic acids is 2. The zero-order chi connectivity index (χ0) is 23.4. The molecule has 1 aliphatic rings. The predicted octanol–water partition coefficient (Wildman–Crippen LogP) is 3.14. The zero-order valence-electron chi connectivity index (χ0n) is 17.4. The number of ether oxygens (including phenoxy) is 1. The Morgan fingerprint density at radius 3 is 2.33 bits per heavy atom. The fourth-order valence-corrected chi connectivity index (χ4v) is 3.83. The minimum Gasteiger partial charge on any atom is -0.480 e. The molecular weight excluding hydrogens is 428 g/mol. The number of fused-ring (bicyclic) bond motifs is 3. The van der Waals surface area contributed by atoms with Crippen LogP contribution in [-0.2, 0) is 9.53 Å². The lowest BCUT2D eigenvalue weighted by Crippen LogP contribution is -2.36. The minimum atomic E-state index is -1.22. The van der Waals surface area contributed by atoms with Crippen molar-refractivity contribution in [3.63, 3.8) is 0 Å². The predicted molar refractivity (Wildman–Crippen MR) is 117 cm³/mol. The molecule has 0 spiro atoms. The Balaban J connectivity index is 1.45. The zero-order valence-corrected chi connectivity index (χ0v) is 17.4. The molecule has 1 heterocycles. The number of nitrogens with zero attached hydrogens (tertiary/aromatic N) is 3. The van der Waals surface area contributed by atoms with Gasteiger partial charge in [0.05, 0.1) is 0 Å². The van der Waals surface area contributed by atoms with Gasteiger partial charge in [0.25, 0.3) is 5.91 Å². The number of amides is 2. The maximum absolute atomic E-state index is 12.6.